The van der Waals surface area contributed by atoms with Gasteiger partial charge in [0, 0.05) is 5.02 Å². The quantitative estimate of drug-likeness (QED) is 0.591. The van der Waals surface area contributed by atoms with Crippen molar-refractivity contribution >= 4 is 29.1 Å². The molecule has 6 atom stereocenters. The molecule has 2 amide bonds. The van der Waals surface area contributed by atoms with E-state index in [1.807, 2.05) is 0 Å². The second kappa shape index (κ2) is 3.77. The average molecular weight is 300 g/mol. The van der Waals surface area contributed by atoms with Crippen LogP contribution in [0.3, 0.4) is 0 Å². The van der Waals surface area contributed by atoms with E-state index in [1.54, 1.807) is 24.3 Å². The third-order valence-corrected chi connectivity index (χ3v) is 6.00. The lowest BCUT2D eigenvalue weighted by Gasteiger charge is -2.37. The largest absolute Gasteiger partial charge is 0.274 e. The fraction of sp³-hybridized carbons (Fsp3) is 0.412. The Hall–Kier alpha value is -1.61. The Morgan fingerprint density at radius 1 is 0.905 bits per heavy atom. The summed E-state index contributed by atoms with van der Waals surface area (Å²) < 4.78 is 0. The van der Waals surface area contributed by atoms with Crippen LogP contribution < -0.4 is 4.90 Å². The van der Waals surface area contributed by atoms with Gasteiger partial charge in [0.05, 0.1) is 17.5 Å². The first-order chi connectivity index (χ1) is 10.2. The van der Waals surface area contributed by atoms with Gasteiger partial charge in [0.15, 0.2) is 0 Å². The van der Waals surface area contributed by atoms with Crippen LogP contribution in [-0.4, -0.2) is 11.8 Å². The monoisotopic (exact) mass is 299 g/mol. The first kappa shape index (κ1) is 12.0. The summed E-state index contributed by atoms with van der Waals surface area (Å²) in [5.41, 5.74) is 0.650. The number of anilines is 1. The van der Waals surface area contributed by atoms with Gasteiger partial charge in [0.25, 0.3) is 0 Å². The van der Waals surface area contributed by atoms with Gasteiger partial charge in [-0.1, -0.05) is 23.8 Å². The van der Waals surface area contributed by atoms with E-state index >= 15 is 0 Å². The zero-order chi connectivity index (χ0) is 14.3. The predicted molar refractivity (Wildman–Crippen MR) is 78.6 cm³/mol. The van der Waals surface area contributed by atoms with Gasteiger partial charge in [-0.15, -0.1) is 0 Å². The van der Waals surface area contributed by atoms with Crippen molar-refractivity contribution in [3.05, 3.63) is 41.4 Å². The molecule has 0 unspecified atom stereocenters. The molecule has 3 fully saturated rings. The van der Waals surface area contributed by atoms with Crippen LogP contribution in [-0.2, 0) is 9.59 Å². The summed E-state index contributed by atoms with van der Waals surface area (Å²) in [5, 5.41) is 0.609. The lowest BCUT2D eigenvalue weighted by atomic mass is 9.63. The number of halogens is 1. The number of allylic oxidation sites excluding steroid dienone is 2. The van der Waals surface area contributed by atoms with E-state index in [-0.39, 0.29) is 35.5 Å². The third-order valence-electron chi connectivity index (χ3n) is 5.75. The molecule has 0 aromatic heterocycles. The molecule has 21 heavy (non-hydrogen) atoms. The zero-order valence-electron chi connectivity index (χ0n) is 11.3. The normalized spacial score (nSPS) is 42.2. The number of hydrogen-bond donors (Lipinski definition) is 0. The van der Waals surface area contributed by atoms with Crippen LogP contribution in [0.25, 0.3) is 0 Å². The second-order valence-corrected chi connectivity index (χ2v) is 7.08. The van der Waals surface area contributed by atoms with Crippen molar-refractivity contribution in [2.75, 3.05) is 4.90 Å². The molecule has 1 heterocycles. The highest BCUT2D eigenvalue weighted by atomic mass is 35.5. The molecule has 106 valence electrons. The van der Waals surface area contributed by atoms with Crippen molar-refractivity contribution in [3.63, 3.8) is 0 Å². The Bertz CT molecular complexity index is 659. The van der Waals surface area contributed by atoms with E-state index in [0.29, 0.717) is 22.5 Å². The Morgan fingerprint density at radius 2 is 1.43 bits per heavy atom. The maximum atomic E-state index is 12.8. The molecule has 1 aromatic rings. The van der Waals surface area contributed by atoms with Gasteiger partial charge in [-0.2, -0.15) is 0 Å². The smallest absolute Gasteiger partial charge is 0.238 e. The minimum absolute atomic E-state index is 0.0166. The van der Waals surface area contributed by atoms with Crippen LogP contribution in [0.4, 0.5) is 5.69 Å². The molecular formula is C17H14ClNO2. The predicted octanol–water partition coefficient (Wildman–Crippen LogP) is 2.90. The molecular weight excluding hydrogens is 286 g/mol. The molecule has 1 aliphatic heterocycles. The van der Waals surface area contributed by atoms with Gasteiger partial charge in [0.1, 0.15) is 0 Å². The summed E-state index contributed by atoms with van der Waals surface area (Å²) in [4.78, 5) is 27.0. The summed E-state index contributed by atoms with van der Waals surface area (Å²) in [7, 11) is 0. The first-order valence-electron chi connectivity index (χ1n) is 7.48. The molecule has 4 aliphatic carbocycles. The summed E-state index contributed by atoms with van der Waals surface area (Å²) in [6.45, 7) is 0. The van der Waals surface area contributed by atoms with E-state index in [4.69, 9.17) is 11.6 Å². The standard InChI is InChI=1S/C17H14ClNO2/c18-8-1-3-9(4-2-8)19-16(20)14-10-5-6-11(13-7-12(10)13)15(14)17(19)21/h1-6,10-15H,7H2/t10-,11+,12-,13-,14+,15-/m0/s1. The van der Waals surface area contributed by atoms with Gasteiger partial charge in [-0.25, -0.2) is 0 Å². The molecule has 2 saturated carbocycles. The molecule has 0 radical (unpaired) electrons. The second-order valence-electron chi connectivity index (χ2n) is 6.64. The van der Waals surface area contributed by atoms with Gasteiger partial charge < -0.3 is 0 Å². The van der Waals surface area contributed by atoms with Crippen LogP contribution in [0.5, 0.6) is 0 Å². The fourth-order valence-corrected chi connectivity index (χ4v) is 4.93. The van der Waals surface area contributed by atoms with Gasteiger partial charge in [0.2, 0.25) is 11.8 Å². The highest BCUT2D eigenvalue weighted by Crippen LogP contribution is 2.65. The van der Waals surface area contributed by atoms with Gasteiger partial charge in [-0.3, -0.25) is 14.5 Å². The van der Waals surface area contributed by atoms with Crippen molar-refractivity contribution in [1.82, 2.24) is 0 Å². The lowest BCUT2D eigenvalue weighted by molar-refractivity contribution is -0.124. The van der Waals surface area contributed by atoms with Gasteiger partial charge >= 0.3 is 0 Å². The molecule has 2 bridgehead atoms. The van der Waals surface area contributed by atoms with E-state index in [1.165, 1.54) is 11.3 Å². The number of amides is 2. The van der Waals surface area contributed by atoms with Crippen LogP contribution in [0, 0.1) is 35.5 Å². The van der Waals surface area contributed by atoms with Crippen LogP contribution in [0.2, 0.25) is 5.02 Å². The van der Waals surface area contributed by atoms with Crippen molar-refractivity contribution in [1.29, 1.82) is 0 Å². The maximum Gasteiger partial charge on any atom is 0.238 e. The van der Waals surface area contributed by atoms with Crippen molar-refractivity contribution in [2.45, 2.75) is 6.42 Å². The molecule has 0 spiro atoms. The minimum atomic E-state index is -0.132. The summed E-state index contributed by atoms with van der Waals surface area (Å²) in [6, 6.07) is 6.96. The van der Waals surface area contributed by atoms with Crippen LogP contribution in [0.15, 0.2) is 36.4 Å². The highest BCUT2D eigenvalue weighted by Gasteiger charge is 2.67. The number of imide groups is 1. The Kier molecular flexibility index (Phi) is 2.15. The highest BCUT2D eigenvalue weighted by molar-refractivity contribution is 6.30. The number of nitrogens with zero attached hydrogens (tertiary/aromatic N) is 1. The summed E-state index contributed by atoms with van der Waals surface area (Å²) in [5.74, 6) is 1.54. The molecule has 0 N–H and O–H groups in total. The molecule has 1 aromatic carbocycles. The lowest BCUT2D eigenvalue weighted by Crippen LogP contribution is -2.40. The maximum absolute atomic E-state index is 12.8. The van der Waals surface area contributed by atoms with Crippen LogP contribution in [0.1, 0.15) is 6.42 Å². The number of rotatable bonds is 1. The van der Waals surface area contributed by atoms with E-state index < -0.39 is 0 Å². The van der Waals surface area contributed by atoms with E-state index in [9.17, 15) is 9.59 Å². The first-order valence-corrected chi connectivity index (χ1v) is 7.86. The molecule has 4 heteroatoms. The Balaban J connectivity index is 1.58. The molecule has 3 nitrogen and oxygen atoms in total. The van der Waals surface area contributed by atoms with Crippen molar-refractivity contribution in [2.24, 2.45) is 35.5 Å². The number of carbonyl (C=O) groups excluding carboxylic acids is 2. The number of benzene rings is 1. The van der Waals surface area contributed by atoms with E-state index in [0.717, 1.165) is 0 Å². The third kappa shape index (κ3) is 1.40. The molecule has 1 saturated heterocycles. The van der Waals surface area contributed by atoms with Crippen molar-refractivity contribution in [3.8, 4) is 0 Å². The number of hydrogen-bond acceptors (Lipinski definition) is 2. The topological polar surface area (TPSA) is 37.4 Å². The summed E-state index contributed by atoms with van der Waals surface area (Å²) in [6.07, 6.45) is 5.57. The van der Waals surface area contributed by atoms with Crippen LogP contribution >= 0.6 is 11.6 Å². The van der Waals surface area contributed by atoms with Gasteiger partial charge in [-0.05, 0) is 54.4 Å². The SMILES string of the molecule is O=C1[C@@H]2[C@H]3C=C[C@H]([C@@H]4C[C@@H]34)[C@@H]2C(=O)N1c1ccc(Cl)cc1. The Labute approximate surface area is 127 Å². The summed E-state index contributed by atoms with van der Waals surface area (Å²) >= 11 is 5.90. The van der Waals surface area contributed by atoms with Crippen molar-refractivity contribution < 1.29 is 9.59 Å². The molecule has 6 rings (SSSR count). The fourth-order valence-electron chi connectivity index (χ4n) is 4.80. The Morgan fingerprint density at radius 3 is 1.95 bits per heavy atom. The average Bonchev–Trinajstić information content (AvgIpc) is 3.26. The minimum Gasteiger partial charge on any atom is -0.274 e. The molecule has 5 aliphatic rings. The van der Waals surface area contributed by atoms with E-state index in [2.05, 4.69) is 12.2 Å². The number of carbonyl (C=O) groups is 2. The zero-order valence-corrected chi connectivity index (χ0v) is 12.0.